The molecule has 1 heterocycles. The zero-order valence-electron chi connectivity index (χ0n) is 9.02. The molecule has 16 heavy (non-hydrogen) atoms. The number of quaternary nitrogens is 1. The minimum Gasteiger partial charge on any atom is -0.466 e. The molecule has 0 fully saturated rings. The van der Waals surface area contributed by atoms with Crippen LogP contribution in [-0.2, 0) is 14.3 Å². The van der Waals surface area contributed by atoms with Gasteiger partial charge in [0.05, 0.1) is 13.5 Å². The first-order valence-electron chi connectivity index (χ1n) is 4.66. The molecule has 0 bridgehead atoms. The highest BCUT2D eigenvalue weighted by atomic mass is 32.2. The molecule has 0 aromatic carbocycles. The van der Waals surface area contributed by atoms with Crippen LogP contribution in [0, 0.1) is 5.41 Å². The minimum absolute atomic E-state index is 0.154. The maximum atomic E-state index is 11.3. The van der Waals surface area contributed by atoms with Crippen LogP contribution >= 0.6 is 11.8 Å². The average molecular weight is 245 g/mol. The van der Waals surface area contributed by atoms with Crippen molar-refractivity contribution in [3.05, 3.63) is 11.1 Å². The van der Waals surface area contributed by atoms with Gasteiger partial charge in [-0.25, -0.2) is 10.2 Å². The van der Waals surface area contributed by atoms with Gasteiger partial charge in [-0.1, -0.05) is 0 Å². The first-order chi connectivity index (χ1) is 7.42. The Morgan fingerprint density at radius 2 is 2.25 bits per heavy atom. The highest BCUT2D eigenvalue weighted by molar-refractivity contribution is 8.16. The van der Waals surface area contributed by atoms with Gasteiger partial charge in [-0.3, -0.25) is 4.79 Å². The molecule has 0 aromatic heterocycles. The van der Waals surface area contributed by atoms with E-state index < -0.39 is 16.5 Å². The third kappa shape index (κ3) is 2.16. The standard InChI is InChI=1S/C9H13N2O4S/c1-3-15-8(13)4-7-5-16-9(10)11(7,14)6(2)12/h5,10,14H,3-4H2,1-2H3/q+1. The third-order valence-electron chi connectivity index (χ3n) is 2.10. The normalized spacial score (nSPS) is 24.2. The summed E-state index contributed by atoms with van der Waals surface area (Å²) in [6.07, 6.45) is -0.195. The third-order valence-corrected chi connectivity index (χ3v) is 2.98. The fourth-order valence-electron chi connectivity index (χ4n) is 1.27. The number of hydroxylamine groups is 3. The molecule has 88 valence electrons. The molecule has 0 aliphatic carbocycles. The van der Waals surface area contributed by atoms with Crippen molar-refractivity contribution in [3.8, 4) is 0 Å². The fraction of sp³-hybridized carbons (Fsp3) is 0.444. The van der Waals surface area contributed by atoms with E-state index in [9.17, 15) is 14.8 Å². The summed E-state index contributed by atoms with van der Waals surface area (Å²) in [6, 6.07) is 0. The van der Waals surface area contributed by atoms with Gasteiger partial charge < -0.3 is 4.74 Å². The SMILES string of the molecule is CCOC(=O)CC1=CSC(=N)[N+]1(O)C(C)=O. The van der Waals surface area contributed by atoms with E-state index in [2.05, 4.69) is 0 Å². The summed E-state index contributed by atoms with van der Waals surface area (Å²) in [4.78, 5) is 22.5. The average Bonchev–Trinajstić information content (AvgIpc) is 2.47. The molecule has 0 saturated carbocycles. The summed E-state index contributed by atoms with van der Waals surface area (Å²) in [6.45, 7) is 3.07. The molecule has 1 unspecified atom stereocenters. The van der Waals surface area contributed by atoms with Gasteiger partial charge >= 0.3 is 17.0 Å². The number of nitrogens with zero attached hydrogens (tertiary/aromatic N) is 1. The van der Waals surface area contributed by atoms with Crippen LogP contribution in [0.4, 0.5) is 0 Å². The Kier molecular flexibility index (Phi) is 3.84. The van der Waals surface area contributed by atoms with Crippen LogP contribution in [0.5, 0.6) is 0 Å². The highest BCUT2D eigenvalue weighted by Gasteiger charge is 2.48. The summed E-state index contributed by atoms with van der Waals surface area (Å²) in [5.41, 5.74) is 0.154. The van der Waals surface area contributed by atoms with E-state index in [0.29, 0.717) is 0 Å². The Morgan fingerprint density at radius 3 is 2.75 bits per heavy atom. The number of carbonyl (C=O) groups is 2. The van der Waals surface area contributed by atoms with Gasteiger partial charge in [0.25, 0.3) is 0 Å². The second-order valence-corrected chi connectivity index (χ2v) is 4.03. The summed E-state index contributed by atoms with van der Waals surface area (Å²) in [5, 5.41) is 18.7. The van der Waals surface area contributed by atoms with Crippen LogP contribution < -0.4 is 0 Å². The molecule has 1 aliphatic heterocycles. The zero-order chi connectivity index (χ0) is 12.3. The number of hydrogen-bond acceptors (Lipinski definition) is 6. The van der Waals surface area contributed by atoms with Crippen LogP contribution in [0.25, 0.3) is 0 Å². The van der Waals surface area contributed by atoms with Crippen molar-refractivity contribution in [3.63, 3.8) is 0 Å². The fourth-order valence-corrected chi connectivity index (χ4v) is 2.15. The van der Waals surface area contributed by atoms with Crippen LogP contribution in [0.2, 0.25) is 0 Å². The van der Waals surface area contributed by atoms with Crippen molar-refractivity contribution < 1.29 is 24.2 Å². The number of amidine groups is 1. The molecule has 2 N–H and O–H groups in total. The van der Waals surface area contributed by atoms with Crippen molar-refractivity contribution in [2.45, 2.75) is 20.3 Å². The number of nitrogens with one attached hydrogen (secondary N) is 1. The molecule has 1 rings (SSSR count). The van der Waals surface area contributed by atoms with E-state index in [-0.39, 0.29) is 23.9 Å². The van der Waals surface area contributed by atoms with E-state index >= 15 is 0 Å². The summed E-state index contributed by atoms with van der Waals surface area (Å²) < 4.78 is 3.50. The number of esters is 1. The molecule has 0 saturated heterocycles. The van der Waals surface area contributed by atoms with Gasteiger partial charge in [-0.2, -0.15) is 5.21 Å². The van der Waals surface area contributed by atoms with E-state index in [1.807, 2.05) is 0 Å². The Morgan fingerprint density at radius 1 is 1.62 bits per heavy atom. The lowest BCUT2D eigenvalue weighted by Crippen LogP contribution is -2.48. The molecule has 1 atom stereocenters. The maximum Gasteiger partial charge on any atom is 0.354 e. The smallest absolute Gasteiger partial charge is 0.354 e. The monoisotopic (exact) mass is 245 g/mol. The van der Waals surface area contributed by atoms with Crippen molar-refractivity contribution in [1.29, 1.82) is 5.41 Å². The number of ether oxygens (including phenoxy) is 1. The first-order valence-corrected chi connectivity index (χ1v) is 5.54. The number of amides is 1. The molecule has 0 spiro atoms. The second kappa shape index (κ2) is 4.77. The van der Waals surface area contributed by atoms with Crippen LogP contribution in [-0.4, -0.2) is 33.5 Å². The molecular formula is C9H13N2O4S+. The van der Waals surface area contributed by atoms with Crippen LogP contribution in [0.3, 0.4) is 0 Å². The summed E-state index contributed by atoms with van der Waals surface area (Å²) in [5.74, 6) is -1.15. The molecule has 1 amide bonds. The quantitative estimate of drug-likeness (QED) is 0.443. The Hall–Kier alpha value is -1.18. The maximum absolute atomic E-state index is 11.3. The van der Waals surface area contributed by atoms with Gasteiger partial charge in [0.1, 0.15) is 6.42 Å². The van der Waals surface area contributed by atoms with Crippen molar-refractivity contribution in [1.82, 2.24) is 0 Å². The van der Waals surface area contributed by atoms with Gasteiger partial charge in [0, 0.05) is 5.41 Å². The molecule has 1 aliphatic rings. The van der Waals surface area contributed by atoms with Crippen LogP contribution in [0.1, 0.15) is 20.3 Å². The lowest BCUT2D eigenvalue weighted by atomic mass is 10.3. The summed E-state index contributed by atoms with van der Waals surface area (Å²) >= 11 is 0.916. The lowest BCUT2D eigenvalue weighted by molar-refractivity contribution is -0.930. The van der Waals surface area contributed by atoms with Crippen molar-refractivity contribution in [2.75, 3.05) is 6.61 Å². The highest BCUT2D eigenvalue weighted by Crippen LogP contribution is 2.34. The van der Waals surface area contributed by atoms with Crippen LogP contribution in [0.15, 0.2) is 11.1 Å². The Bertz CT molecular complexity index is 380. The van der Waals surface area contributed by atoms with Gasteiger partial charge in [0.15, 0.2) is 5.70 Å². The molecule has 7 heteroatoms. The number of hydrogen-bond donors (Lipinski definition) is 2. The number of rotatable bonds is 3. The predicted molar refractivity (Wildman–Crippen MR) is 57.4 cm³/mol. The molecule has 0 aromatic rings. The first kappa shape index (κ1) is 12.9. The second-order valence-electron chi connectivity index (χ2n) is 3.17. The van der Waals surface area contributed by atoms with E-state index in [1.54, 1.807) is 6.92 Å². The van der Waals surface area contributed by atoms with Crippen molar-refractivity contribution >= 4 is 28.8 Å². The van der Waals surface area contributed by atoms with Crippen molar-refractivity contribution in [2.24, 2.45) is 0 Å². The number of thioether (sulfide) groups is 1. The molecule has 6 nitrogen and oxygen atoms in total. The van der Waals surface area contributed by atoms with E-state index in [1.165, 1.54) is 12.3 Å². The van der Waals surface area contributed by atoms with E-state index in [0.717, 1.165) is 11.8 Å². The topological polar surface area (TPSA) is 87.5 Å². The van der Waals surface area contributed by atoms with Gasteiger partial charge in [-0.05, 0) is 23.3 Å². The van der Waals surface area contributed by atoms with E-state index in [4.69, 9.17) is 10.1 Å². The Balaban J connectivity index is 2.85. The zero-order valence-corrected chi connectivity index (χ0v) is 9.84. The Labute approximate surface area is 96.9 Å². The minimum atomic E-state index is -1.22. The van der Waals surface area contributed by atoms with Gasteiger partial charge in [-0.15, -0.1) is 0 Å². The van der Waals surface area contributed by atoms with Gasteiger partial charge in [0.2, 0.25) is 0 Å². The largest absolute Gasteiger partial charge is 0.466 e. The molecule has 0 radical (unpaired) electrons. The lowest BCUT2D eigenvalue weighted by Gasteiger charge is -2.20. The number of carbonyl (C=O) groups excluding carboxylic acids is 2. The molecular weight excluding hydrogens is 232 g/mol. The summed E-state index contributed by atoms with van der Waals surface area (Å²) in [7, 11) is 0. The predicted octanol–water partition coefficient (Wildman–Crippen LogP) is 1.22.